The van der Waals surface area contributed by atoms with Gasteiger partial charge in [0.05, 0.1) is 17.7 Å². The SMILES string of the molecule is CCCCCOc1ccc(C(=O)Oc2cccc(C(=O)OCCOc3ccccc3)c2)cc1. The lowest BCUT2D eigenvalue weighted by Crippen LogP contribution is -2.13. The van der Waals surface area contributed by atoms with Gasteiger partial charge in [0, 0.05) is 0 Å². The molecule has 0 unspecified atom stereocenters. The van der Waals surface area contributed by atoms with Crippen LogP contribution in [-0.4, -0.2) is 31.8 Å². The van der Waals surface area contributed by atoms with E-state index in [4.69, 9.17) is 18.9 Å². The first kappa shape index (κ1) is 23.9. The molecule has 33 heavy (non-hydrogen) atoms. The van der Waals surface area contributed by atoms with Gasteiger partial charge in [0.1, 0.15) is 30.5 Å². The second-order valence-electron chi connectivity index (χ2n) is 7.29. The molecule has 0 fully saturated rings. The summed E-state index contributed by atoms with van der Waals surface area (Å²) in [6.45, 7) is 3.13. The van der Waals surface area contributed by atoms with Crippen LogP contribution in [0.2, 0.25) is 0 Å². The summed E-state index contributed by atoms with van der Waals surface area (Å²) in [4.78, 5) is 24.8. The number of ether oxygens (including phenoxy) is 4. The fourth-order valence-corrected chi connectivity index (χ4v) is 2.98. The van der Waals surface area contributed by atoms with Gasteiger partial charge in [-0.15, -0.1) is 0 Å². The average molecular weight is 449 g/mol. The van der Waals surface area contributed by atoms with E-state index in [1.54, 1.807) is 42.5 Å². The first-order valence-electron chi connectivity index (χ1n) is 11.1. The Labute approximate surface area is 194 Å². The molecule has 172 valence electrons. The van der Waals surface area contributed by atoms with Gasteiger partial charge in [0.2, 0.25) is 0 Å². The number of hydrogen-bond acceptors (Lipinski definition) is 6. The molecule has 0 aliphatic carbocycles. The molecule has 0 aromatic heterocycles. The highest BCUT2D eigenvalue weighted by molar-refractivity contribution is 5.92. The molecule has 0 aliphatic rings. The lowest BCUT2D eigenvalue weighted by Gasteiger charge is -2.09. The predicted octanol–water partition coefficient (Wildman–Crippen LogP) is 5.71. The largest absolute Gasteiger partial charge is 0.494 e. The molecule has 6 heteroatoms. The maximum absolute atomic E-state index is 12.5. The van der Waals surface area contributed by atoms with E-state index in [0.717, 1.165) is 19.3 Å². The highest BCUT2D eigenvalue weighted by Crippen LogP contribution is 2.18. The Hall–Kier alpha value is -3.80. The molecule has 3 aromatic carbocycles. The number of hydrogen-bond donors (Lipinski definition) is 0. The maximum atomic E-state index is 12.5. The number of esters is 2. The molecular weight excluding hydrogens is 420 g/mol. The Morgan fingerprint density at radius 2 is 1.33 bits per heavy atom. The third-order valence-electron chi connectivity index (χ3n) is 4.72. The van der Waals surface area contributed by atoms with Crippen molar-refractivity contribution in [2.45, 2.75) is 26.2 Å². The van der Waals surface area contributed by atoms with Crippen molar-refractivity contribution in [2.24, 2.45) is 0 Å². The summed E-state index contributed by atoms with van der Waals surface area (Å²) in [5.41, 5.74) is 0.679. The monoisotopic (exact) mass is 448 g/mol. The number of carbonyl (C=O) groups excluding carboxylic acids is 2. The van der Waals surface area contributed by atoms with E-state index >= 15 is 0 Å². The van der Waals surface area contributed by atoms with Crippen LogP contribution in [0, 0.1) is 0 Å². The molecule has 0 N–H and O–H groups in total. The molecule has 0 bridgehead atoms. The molecule has 0 heterocycles. The fourth-order valence-electron chi connectivity index (χ4n) is 2.98. The Bertz CT molecular complexity index is 1010. The van der Waals surface area contributed by atoms with E-state index in [-0.39, 0.29) is 24.5 Å². The molecule has 0 saturated carbocycles. The van der Waals surface area contributed by atoms with Crippen molar-refractivity contribution in [3.05, 3.63) is 90.0 Å². The van der Waals surface area contributed by atoms with Crippen molar-refractivity contribution in [3.63, 3.8) is 0 Å². The maximum Gasteiger partial charge on any atom is 0.343 e. The van der Waals surface area contributed by atoms with E-state index in [1.165, 1.54) is 6.07 Å². The summed E-state index contributed by atoms with van der Waals surface area (Å²) in [7, 11) is 0. The third kappa shape index (κ3) is 8.00. The minimum Gasteiger partial charge on any atom is -0.494 e. The zero-order valence-electron chi connectivity index (χ0n) is 18.7. The Morgan fingerprint density at radius 1 is 0.636 bits per heavy atom. The molecule has 0 amide bonds. The summed E-state index contributed by atoms with van der Waals surface area (Å²) in [5.74, 6) is 0.639. The predicted molar refractivity (Wildman–Crippen MR) is 125 cm³/mol. The summed E-state index contributed by atoms with van der Waals surface area (Å²) in [5, 5.41) is 0. The zero-order valence-corrected chi connectivity index (χ0v) is 18.7. The highest BCUT2D eigenvalue weighted by atomic mass is 16.6. The van der Waals surface area contributed by atoms with Crippen LogP contribution in [0.15, 0.2) is 78.9 Å². The Balaban J connectivity index is 1.47. The summed E-state index contributed by atoms with van der Waals surface area (Å²) in [6, 6.07) is 22.4. The lowest BCUT2D eigenvalue weighted by molar-refractivity contribution is 0.0449. The van der Waals surface area contributed by atoms with Gasteiger partial charge >= 0.3 is 11.9 Å². The van der Waals surface area contributed by atoms with Crippen molar-refractivity contribution in [2.75, 3.05) is 19.8 Å². The summed E-state index contributed by atoms with van der Waals surface area (Å²) >= 11 is 0. The standard InChI is InChI=1S/C27H28O6/c1-2-3-7-17-30-24-15-13-21(14-16-24)27(29)33-25-12-8-9-22(20-25)26(28)32-19-18-31-23-10-5-4-6-11-23/h4-6,8-16,20H,2-3,7,17-19H2,1H3. The molecule has 0 radical (unpaired) electrons. The highest BCUT2D eigenvalue weighted by Gasteiger charge is 2.12. The zero-order chi connectivity index (χ0) is 23.3. The third-order valence-corrected chi connectivity index (χ3v) is 4.72. The van der Waals surface area contributed by atoms with Crippen molar-refractivity contribution in [1.82, 2.24) is 0 Å². The van der Waals surface area contributed by atoms with Gasteiger partial charge in [-0.25, -0.2) is 9.59 Å². The van der Waals surface area contributed by atoms with E-state index in [1.807, 2.05) is 30.3 Å². The number of carbonyl (C=O) groups is 2. The van der Waals surface area contributed by atoms with Gasteiger partial charge < -0.3 is 18.9 Å². The van der Waals surface area contributed by atoms with Gasteiger partial charge in [-0.2, -0.15) is 0 Å². The summed E-state index contributed by atoms with van der Waals surface area (Å²) < 4.78 is 21.8. The number of rotatable bonds is 12. The second-order valence-corrected chi connectivity index (χ2v) is 7.29. The van der Waals surface area contributed by atoms with Crippen LogP contribution in [0.25, 0.3) is 0 Å². The van der Waals surface area contributed by atoms with Crippen LogP contribution in [0.3, 0.4) is 0 Å². The quantitative estimate of drug-likeness (QED) is 0.201. The normalized spacial score (nSPS) is 10.3. The number of unbranched alkanes of at least 4 members (excludes halogenated alkanes) is 2. The fraction of sp³-hybridized carbons (Fsp3) is 0.259. The molecule has 3 rings (SSSR count). The lowest BCUT2D eigenvalue weighted by atomic mass is 10.2. The van der Waals surface area contributed by atoms with Gasteiger partial charge in [-0.05, 0) is 61.0 Å². The number of para-hydroxylation sites is 1. The van der Waals surface area contributed by atoms with Crippen molar-refractivity contribution < 1.29 is 28.5 Å². The van der Waals surface area contributed by atoms with Crippen LogP contribution in [0.4, 0.5) is 0 Å². The van der Waals surface area contributed by atoms with E-state index in [9.17, 15) is 9.59 Å². The topological polar surface area (TPSA) is 71.1 Å². The molecule has 0 spiro atoms. The minimum absolute atomic E-state index is 0.102. The van der Waals surface area contributed by atoms with Crippen LogP contribution >= 0.6 is 0 Å². The summed E-state index contributed by atoms with van der Waals surface area (Å²) in [6.07, 6.45) is 3.26. The molecule has 6 nitrogen and oxygen atoms in total. The molecule has 0 aliphatic heterocycles. The molecular formula is C27H28O6. The van der Waals surface area contributed by atoms with Crippen molar-refractivity contribution >= 4 is 11.9 Å². The Kier molecular flexibility index (Phi) is 9.33. The second kappa shape index (κ2) is 12.9. The van der Waals surface area contributed by atoms with Crippen LogP contribution in [0.1, 0.15) is 46.9 Å². The average Bonchev–Trinajstić information content (AvgIpc) is 2.85. The van der Waals surface area contributed by atoms with Gasteiger partial charge in [-0.3, -0.25) is 0 Å². The van der Waals surface area contributed by atoms with Gasteiger partial charge in [0.25, 0.3) is 0 Å². The first-order valence-corrected chi connectivity index (χ1v) is 11.1. The van der Waals surface area contributed by atoms with E-state index in [2.05, 4.69) is 6.92 Å². The van der Waals surface area contributed by atoms with Crippen LogP contribution < -0.4 is 14.2 Å². The van der Waals surface area contributed by atoms with E-state index < -0.39 is 11.9 Å². The van der Waals surface area contributed by atoms with Crippen LogP contribution in [-0.2, 0) is 4.74 Å². The van der Waals surface area contributed by atoms with E-state index in [0.29, 0.717) is 23.7 Å². The first-order chi connectivity index (χ1) is 16.2. The Morgan fingerprint density at radius 3 is 2.09 bits per heavy atom. The number of benzene rings is 3. The van der Waals surface area contributed by atoms with Crippen molar-refractivity contribution in [3.8, 4) is 17.2 Å². The molecule has 0 saturated heterocycles. The van der Waals surface area contributed by atoms with Gasteiger partial charge in [0.15, 0.2) is 0 Å². The molecule has 3 aromatic rings. The van der Waals surface area contributed by atoms with Crippen molar-refractivity contribution in [1.29, 1.82) is 0 Å². The minimum atomic E-state index is -0.519. The van der Waals surface area contributed by atoms with Gasteiger partial charge in [-0.1, -0.05) is 44.0 Å². The van der Waals surface area contributed by atoms with Crippen LogP contribution in [0.5, 0.6) is 17.2 Å². The smallest absolute Gasteiger partial charge is 0.343 e. The molecule has 0 atom stereocenters.